The number of nitrogens with one attached hydrogen (secondary N) is 1. The average molecular weight is 355 g/mol. The summed E-state index contributed by atoms with van der Waals surface area (Å²) in [5, 5.41) is 2.94. The van der Waals surface area contributed by atoms with Gasteiger partial charge in [-0.15, -0.1) is 0 Å². The molecule has 1 amide bonds. The van der Waals surface area contributed by atoms with Crippen LogP contribution in [0.4, 0.5) is 0 Å². The molecule has 1 N–H and O–H groups in total. The quantitative estimate of drug-likeness (QED) is 0.784. The van der Waals surface area contributed by atoms with Crippen LogP contribution in [0.2, 0.25) is 0 Å². The zero-order chi connectivity index (χ0) is 18.9. The molecule has 0 heterocycles. The summed E-state index contributed by atoms with van der Waals surface area (Å²) in [6.45, 7) is 2.45. The van der Waals surface area contributed by atoms with Gasteiger partial charge in [0.2, 0.25) is 0 Å². The van der Waals surface area contributed by atoms with Crippen LogP contribution >= 0.6 is 0 Å². The summed E-state index contributed by atoms with van der Waals surface area (Å²) in [6.07, 6.45) is 4.52. The van der Waals surface area contributed by atoms with Crippen molar-refractivity contribution in [1.29, 1.82) is 0 Å². The maximum Gasteiger partial charge on any atom is 0.251 e. The zero-order valence-corrected chi connectivity index (χ0v) is 15.7. The van der Waals surface area contributed by atoms with E-state index in [1.165, 1.54) is 0 Å². The van der Waals surface area contributed by atoms with Gasteiger partial charge in [0.15, 0.2) is 11.5 Å². The predicted molar refractivity (Wildman–Crippen MR) is 103 cm³/mol. The van der Waals surface area contributed by atoms with Crippen molar-refractivity contribution in [3.63, 3.8) is 0 Å². The summed E-state index contributed by atoms with van der Waals surface area (Å²) in [7, 11) is 4.78. The molecular formula is C21H25NO4. The Bertz CT molecular complexity index is 766. The standard InChI is InChI=1S/C21H25NO4/c1-5-6-16-13-17(14-19(25-3)20(16)26-4)21(23)22-12-11-15-7-9-18(24-2)10-8-15/h5-10,13-14H,11-12H2,1-4H3,(H,22,23)/b6-5+. The fourth-order valence-corrected chi connectivity index (χ4v) is 2.64. The third-order valence-electron chi connectivity index (χ3n) is 3.97. The topological polar surface area (TPSA) is 56.8 Å². The predicted octanol–water partition coefficient (Wildman–Crippen LogP) is 3.72. The SMILES string of the molecule is C/C=C/c1cc(C(=O)NCCc2ccc(OC)cc2)cc(OC)c1OC. The molecule has 5 nitrogen and oxygen atoms in total. The molecule has 2 rings (SSSR count). The lowest BCUT2D eigenvalue weighted by Gasteiger charge is -2.13. The number of hydrogen-bond donors (Lipinski definition) is 1. The molecule has 0 aliphatic heterocycles. The van der Waals surface area contributed by atoms with Gasteiger partial charge in [0.05, 0.1) is 21.3 Å². The Balaban J connectivity index is 2.07. The molecule has 0 bridgehead atoms. The number of carbonyl (C=O) groups excluding carboxylic acids is 1. The van der Waals surface area contributed by atoms with Crippen molar-refractivity contribution < 1.29 is 19.0 Å². The summed E-state index contributed by atoms with van der Waals surface area (Å²) in [5.41, 5.74) is 2.47. The largest absolute Gasteiger partial charge is 0.497 e. The molecule has 0 aromatic heterocycles. The Labute approximate surface area is 154 Å². The second-order valence-electron chi connectivity index (χ2n) is 5.65. The molecule has 0 aliphatic carbocycles. The number of methoxy groups -OCH3 is 3. The van der Waals surface area contributed by atoms with Gasteiger partial charge in [-0.05, 0) is 43.2 Å². The van der Waals surface area contributed by atoms with Crippen LogP contribution in [0, 0.1) is 0 Å². The highest BCUT2D eigenvalue weighted by molar-refractivity contribution is 5.96. The minimum Gasteiger partial charge on any atom is -0.497 e. The van der Waals surface area contributed by atoms with E-state index in [4.69, 9.17) is 14.2 Å². The average Bonchev–Trinajstić information content (AvgIpc) is 2.68. The van der Waals surface area contributed by atoms with Crippen molar-refractivity contribution >= 4 is 12.0 Å². The zero-order valence-electron chi connectivity index (χ0n) is 15.7. The third kappa shape index (κ3) is 4.79. The van der Waals surface area contributed by atoms with E-state index in [0.717, 1.165) is 23.3 Å². The number of carbonyl (C=O) groups is 1. The molecular weight excluding hydrogens is 330 g/mol. The van der Waals surface area contributed by atoms with E-state index in [1.54, 1.807) is 33.5 Å². The highest BCUT2D eigenvalue weighted by atomic mass is 16.5. The first-order chi connectivity index (χ1) is 12.6. The van der Waals surface area contributed by atoms with E-state index in [-0.39, 0.29) is 5.91 Å². The fourth-order valence-electron chi connectivity index (χ4n) is 2.64. The minimum absolute atomic E-state index is 0.148. The lowest BCUT2D eigenvalue weighted by molar-refractivity contribution is 0.0953. The molecule has 138 valence electrons. The highest BCUT2D eigenvalue weighted by Gasteiger charge is 2.14. The van der Waals surface area contributed by atoms with E-state index >= 15 is 0 Å². The van der Waals surface area contributed by atoms with Crippen molar-refractivity contribution in [2.45, 2.75) is 13.3 Å². The molecule has 0 saturated heterocycles. The lowest BCUT2D eigenvalue weighted by Crippen LogP contribution is -2.25. The molecule has 2 aromatic carbocycles. The molecule has 0 unspecified atom stereocenters. The Kier molecular flexibility index (Phi) is 7.09. The number of ether oxygens (including phenoxy) is 3. The number of benzene rings is 2. The van der Waals surface area contributed by atoms with E-state index in [2.05, 4.69) is 5.32 Å². The van der Waals surface area contributed by atoms with Gasteiger partial charge in [0.25, 0.3) is 5.91 Å². The van der Waals surface area contributed by atoms with Gasteiger partial charge in [-0.1, -0.05) is 24.3 Å². The van der Waals surface area contributed by atoms with E-state index in [0.29, 0.717) is 23.6 Å². The summed E-state index contributed by atoms with van der Waals surface area (Å²) >= 11 is 0. The molecule has 0 atom stereocenters. The van der Waals surface area contributed by atoms with Crippen molar-refractivity contribution in [1.82, 2.24) is 5.32 Å². The van der Waals surface area contributed by atoms with Gasteiger partial charge in [-0.3, -0.25) is 4.79 Å². The highest BCUT2D eigenvalue weighted by Crippen LogP contribution is 2.33. The maximum absolute atomic E-state index is 12.5. The first kappa shape index (κ1) is 19.4. The molecule has 26 heavy (non-hydrogen) atoms. The van der Waals surface area contributed by atoms with Gasteiger partial charge in [0, 0.05) is 17.7 Å². The second kappa shape index (κ2) is 9.51. The van der Waals surface area contributed by atoms with Crippen molar-refractivity contribution in [3.8, 4) is 17.2 Å². The number of rotatable bonds is 8. The summed E-state index contributed by atoms with van der Waals surface area (Å²) in [5.74, 6) is 1.81. The van der Waals surface area contributed by atoms with Crippen LogP contribution in [0.3, 0.4) is 0 Å². The first-order valence-corrected chi connectivity index (χ1v) is 8.42. The van der Waals surface area contributed by atoms with Crippen LogP contribution in [0.5, 0.6) is 17.2 Å². The smallest absolute Gasteiger partial charge is 0.251 e. The Morgan fingerprint density at radius 3 is 2.35 bits per heavy atom. The van der Waals surface area contributed by atoms with Crippen LogP contribution in [0.25, 0.3) is 6.08 Å². The third-order valence-corrected chi connectivity index (χ3v) is 3.97. The van der Waals surface area contributed by atoms with E-state index < -0.39 is 0 Å². The molecule has 0 saturated carbocycles. The fraction of sp³-hybridized carbons (Fsp3) is 0.286. The second-order valence-corrected chi connectivity index (χ2v) is 5.65. The molecule has 0 spiro atoms. The van der Waals surface area contributed by atoms with Crippen molar-refractivity contribution in [2.75, 3.05) is 27.9 Å². The van der Waals surface area contributed by atoms with Crippen molar-refractivity contribution in [2.24, 2.45) is 0 Å². The monoisotopic (exact) mass is 355 g/mol. The number of allylic oxidation sites excluding steroid dienone is 1. The minimum atomic E-state index is -0.148. The van der Waals surface area contributed by atoms with Crippen LogP contribution in [0.1, 0.15) is 28.4 Å². The Morgan fingerprint density at radius 2 is 1.77 bits per heavy atom. The van der Waals surface area contributed by atoms with Gasteiger partial charge in [-0.2, -0.15) is 0 Å². The Morgan fingerprint density at radius 1 is 1.04 bits per heavy atom. The number of amides is 1. The van der Waals surface area contributed by atoms with Gasteiger partial charge < -0.3 is 19.5 Å². The first-order valence-electron chi connectivity index (χ1n) is 8.42. The van der Waals surface area contributed by atoms with Crippen LogP contribution in [0.15, 0.2) is 42.5 Å². The normalized spacial score (nSPS) is 10.6. The van der Waals surface area contributed by atoms with Gasteiger partial charge >= 0.3 is 0 Å². The van der Waals surface area contributed by atoms with Crippen LogP contribution in [-0.2, 0) is 6.42 Å². The maximum atomic E-state index is 12.5. The molecule has 5 heteroatoms. The molecule has 0 radical (unpaired) electrons. The van der Waals surface area contributed by atoms with Gasteiger partial charge in [-0.25, -0.2) is 0 Å². The van der Waals surface area contributed by atoms with E-state index in [1.807, 2.05) is 43.3 Å². The molecule has 2 aromatic rings. The summed E-state index contributed by atoms with van der Waals surface area (Å²) in [4.78, 5) is 12.5. The van der Waals surface area contributed by atoms with Crippen molar-refractivity contribution in [3.05, 3.63) is 59.2 Å². The lowest BCUT2D eigenvalue weighted by atomic mass is 10.1. The van der Waals surface area contributed by atoms with Crippen LogP contribution < -0.4 is 19.5 Å². The van der Waals surface area contributed by atoms with Gasteiger partial charge in [0.1, 0.15) is 5.75 Å². The van der Waals surface area contributed by atoms with E-state index in [9.17, 15) is 4.79 Å². The molecule has 0 aliphatic rings. The summed E-state index contributed by atoms with van der Waals surface area (Å²) < 4.78 is 15.9. The number of hydrogen-bond acceptors (Lipinski definition) is 4. The summed E-state index contributed by atoms with van der Waals surface area (Å²) in [6, 6.07) is 11.3. The Hall–Kier alpha value is -2.95. The molecule has 0 fully saturated rings. The van der Waals surface area contributed by atoms with Crippen LogP contribution in [-0.4, -0.2) is 33.8 Å².